The molecule has 23 heavy (non-hydrogen) atoms. The summed E-state index contributed by atoms with van der Waals surface area (Å²) in [5.41, 5.74) is 3.35. The van der Waals surface area contributed by atoms with Gasteiger partial charge in [0.1, 0.15) is 0 Å². The monoisotopic (exact) mass is 325 g/mol. The number of rotatable bonds is 2. The van der Waals surface area contributed by atoms with E-state index in [0.29, 0.717) is 12.0 Å². The van der Waals surface area contributed by atoms with Crippen molar-refractivity contribution in [2.24, 2.45) is 5.92 Å². The molecular formula is C20H20ClNO. The van der Waals surface area contributed by atoms with Gasteiger partial charge in [0, 0.05) is 23.2 Å². The van der Waals surface area contributed by atoms with Gasteiger partial charge in [0.05, 0.1) is 0 Å². The molecule has 0 N–H and O–H groups in total. The first-order chi connectivity index (χ1) is 11.2. The Bertz CT molecular complexity index is 728. The molecule has 0 saturated carbocycles. The van der Waals surface area contributed by atoms with Crippen LogP contribution in [0.15, 0.2) is 48.5 Å². The fourth-order valence-corrected chi connectivity index (χ4v) is 4.27. The van der Waals surface area contributed by atoms with Gasteiger partial charge in [0.25, 0.3) is 5.91 Å². The van der Waals surface area contributed by atoms with Crippen LogP contribution in [0.3, 0.4) is 0 Å². The highest BCUT2D eigenvalue weighted by Crippen LogP contribution is 2.34. The van der Waals surface area contributed by atoms with Crippen LogP contribution in [0.1, 0.15) is 34.3 Å². The number of hydrogen-bond acceptors (Lipinski definition) is 1. The Morgan fingerprint density at radius 1 is 1.13 bits per heavy atom. The van der Waals surface area contributed by atoms with Crippen LogP contribution < -0.4 is 0 Å². The second kappa shape index (κ2) is 6.01. The molecular weight excluding hydrogens is 306 g/mol. The van der Waals surface area contributed by atoms with Gasteiger partial charge in [0.15, 0.2) is 0 Å². The molecule has 4 rings (SSSR count). The van der Waals surface area contributed by atoms with Crippen LogP contribution >= 0.6 is 11.6 Å². The number of nitrogens with zero attached hydrogens (tertiary/aromatic N) is 1. The highest BCUT2D eigenvalue weighted by Gasteiger charge is 2.36. The number of fused-ring (bicyclic) bond motifs is 2. The molecule has 2 aromatic rings. The molecule has 2 nitrogen and oxygen atoms in total. The lowest BCUT2D eigenvalue weighted by Crippen LogP contribution is -2.50. The first kappa shape index (κ1) is 14.8. The predicted octanol–water partition coefficient (Wildman–Crippen LogP) is 4.36. The third-order valence-electron chi connectivity index (χ3n) is 5.21. The molecule has 0 spiro atoms. The Balaban J connectivity index is 1.53. The van der Waals surface area contributed by atoms with E-state index in [1.807, 2.05) is 18.2 Å². The Morgan fingerprint density at radius 3 is 2.78 bits per heavy atom. The normalized spacial score (nSPS) is 23.3. The van der Waals surface area contributed by atoms with Crippen molar-refractivity contribution in [1.29, 1.82) is 0 Å². The molecule has 1 saturated heterocycles. The summed E-state index contributed by atoms with van der Waals surface area (Å²) in [7, 11) is 0. The van der Waals surface area contributed by atoms with Crippen molar-refractivity contribution in [2.75, 3.05) is 6.54 Å². The lowest BCUT2D eigenvalue weighted by Gasteiger charge is -2.43. The minimum Gasteiger partial charge on any atom is -0.335 e. The third-order valence-corrected chi connectivity index (χ3v) is 5.44. The average Bonchev–Trinajstić information content (AvgIpc) is 2.55. The van der Waals surface area contributed by atoms with E-state index in [-0.39, 0.29) is 5.91 Å². The molecule has 1 fully saturated rings. The van der Waals surface area contributed by atoms with Crippen LogP contribution in [-0.4, -0.2) is 23.4 Å². The van der Waals surface area contributed by atoms with Gasteiger partial charge in [0.2, 0.25) is 0 Å². The highest BCUT2D eigenvalue weighted by atomic mass is 35.5. The zero-order valence-corrected chi connectivity index (χ0v) is 13.8. The second-order valence-electron chi connectivity index (χ2n) is 6.74. The molecule has 3 heteroatoms. The Labute approximate surface area is 142 Å². The van der Waals surface area contributed by atoms with E-state index < -0.39 is 0 Å². The Hall–Kier alpha value is -1.80. The van der Waals surface area contributed by atoms with Crippen molar-refractivity contribution in [3.05, 3.63) is 70.2 Å². The van der Waals surface area contributed by atoms with Crippen LogP contribution in [0.4, 0.5) is 0 Å². The summed E-state index contributed by atoms with van der Waals surface area (Å²) in [6.45, 7) is 0.878. The lowest BCUT2D eigenvalue weighted by atomic mass is 9.81. The maximum absolute atomic E-state index is 12.7. The predicted molar refractivity (Wildman–Crippen MR) is 92.9 cm³/mol. The SMILES string of the molecule is O=C1c2ccc(Cl)cc2C[C@@H]2C[C@@H](Cc3ccccc3)CCN12. The minimum absolute atomic E-state index is 0.186. The number of carbonyl (C=O) groups excluding carboxylic acids is 1. The first-order valence-corrected chi connectivity index (χ1v) is 8.72. The topological polar surface area (TPSA) is 20.3 Å². The van der Waals surface area contributed by atoms with Gasteiger partial charge in [-0.25, -0.2) is 0 Å². The maximum Gasteiger partial charge on any atom is 0.254 e. The van der Waals surface area contributed by atoms with E-state index in [0.717, 1.165) is 48.4 Å². The summed E-state index contributed by atoms with van der Waals surface area (Å²) in [6, 6.07) is 16.7. The third kappa shape index (κ3) is 2.88. The van der Waals surface area contributed by atoms with Crippen LogP contribution in [0, 0.1) is 5.92 Å². The summed E-state index contributed by atoms with van der Waals surface area (Å²) in [5, 5.41) is 0.724. The van der Waals surface area contributed by atoms with Crippen LogP contribution in [0.2, 0.25) is 5.02 Å². The number of benzene rings is 2. The number of carbonyl (C=O) groups is 1. The summed E-state index contributed by atoms with van der Waals surface area (Å²) >= 11 is 6.11. The maximum atomic E-state index is 12.7. The lowest BCUT2D eigenvalue weighted by molar-refractivity contribution is 0.0514. The van der Waals surface area contributed by atoms with Gasteiger partial charge in [-0.05, 0) is 60.9 Å². The van der Waals surface area contributed by atoms with Crippen LogP contribution in [0.25, 0.3) is 0 Å². The Morgan fingerprint density at radius 2 is 1.96 bits per heavy atom. The standard InChI is InChI=1S/C20H20ClNO/c21-17-6-7-19-16(12-17)13-18-11-15(8-9-22(18)20(19)23)10-14-4-2-1-3-5-14/h1-7,12,15,18H,8-11,13H2/t15-,18+/m1/s1. The molecule has 0 aromatic heterocycles. The molecule has 2 aliphatic rings. The van der Waals surface area contributed by atoms with E-state index in [9.17, 15) is 4.79 Å². The summed E-state index contributed by atoms with van der Waals surface area (Å²) in [5.74, 6) is 0.846. The molecule has 1 amide bonds. The minimum atomic E-state index is 0.186. The largest absolute Gasteiger partial charge is 0.335 e. The van der Waals surface area contributed by atoms with Crippen molar-refractivity contribution in [3.63, 3.8) is 0 Å². The summed E-state index contributed by atoms with van der Waals surface area (Å²) in [4.78, 5) is 14.8. The van der Waals surface area contributed by atoms with E-state index in [1.165, 1.54) is 5.56 Å². The van der Waals surface area contributed by atoms with E-state index in [1.54, 1.807) is 0 Å². The van der Waals surface area contributed by atoms with Gasteiger partial charge < -0.3 is 4.90 Å². The molecule has 118 valence electrons. The van der Waals surface area contributed by atoms with E-state index in [4.69, 9.17) is 11.6 Å². The number of piperidine rings is 1. The molecule has 0 bridgehead atoms. The smallest absolute Gasteiger partial charge is 0.254 e. The van der Waals surface area contributed by atoms with Crippen molar-refractivity contribution >= 4 is 17.5 Å². The second-order valence-corrected chi connectivity index (χ2v) is 7.17. The van der Waals surface area contributed by atoms with Gasteiger partial charge in [-0.1, -0.05) is 41.9 Å². The molecule has 2 aromatic carbocycles. The van der Waals surface area contributed by atoms with E-state index in [2.05, 4.69) is 35.2 Å². The van der Waals surface area contributed by atoms with Crippen molar-refractivity contribution in [1.82, 2.24) is 4.90 Å². The summed E-state index contributed by atoms with van der Waals surface area (Å²) in [6.07, 6.45) is 4.24. The van der Waals surface area contributed by atoms with Crippen LogP contribution in [0.5, 0.6) is 0 Å². The number of halogens is 1. The van der Waals surface area contributed by atoms with Crippen LogP contribution in [-0.2, 0) is 12.8 Å². The zero-order valence-electron chi connectivity index (χ0n) is 13.0. The molecule has 0 unspecified atom stereocenters. The van der Waals surface area contributed by atoms with Gasteiger partial charge >= 0.3 is 0 Å². The molecule has 2 heterocycles. The first-order valence-electron chi connectivity index (χ1n) is 8.34. The molecule has 0 aliphatic carbocycles. The summed E-state index contributed by atoms with van der Waals surface area (Å²) < 4.78 is 0. The zero-order chi connectivity index (χ0) is 15.8. The van der Waals surface area contributed by atoms with Crippen molar-refractivity contribution in [2.45, 2.75) is 31.7 Å². The van der Waals surface area contributed by atoms with E-state index >= 15 is 0 Å². The Kier molecular flexibility index (Phi) is 3.86. The van der Waals surface area contributed by atoms with Crippen molar-refractivity contribution in [3.8, 4) is 0 Å². The molecule has 0 radical (unpaired) electrons. The van der Waals surface area contributed by atoms with Crippen molar-refractivity contribution < 1.29 is 4.79 Å². The van der Waals surface area contributed by atoms with Gasteiger partial charge in [-0.2, -0.15) is 0 Å². The highest BCUT2D eigenvalue weighted by molar-refractivity contribution is 6.30. The fourth-order valence-electron chi connectivity index (χ4n) is 4.08. The van der Waals surface area contributed by atoms with Gasteiger partial charge in [-0.15, -0.1) is 0 Å². The molecule has 2 aliphatic heterocycles. The quantitative estimate of drug-likeness (QED) is 0.803. The number of hydrogen-bond donors (Lipinski definition) is 0. The average molecular weight is 326 g/mol. The number of amides is 1. The fraction of sp³-hybridized carbons (Fsp3) is 0.350. The van der Waals surface area contributed by atoms with Gasteiger partial charge in [-0.3, -0.25) is 4.79 Å². The molecule has 2 atom stereocenters.